The highest BCUT2D eigenvalue weighted by atomic mass is 32.2. The molecular formula is C13H8O2S. The van der Waals surface area contributed by atoms with Crippen LogP contribution in [0.15, 0.2) is 52.3 Å². The molecule has 3 rings (SSSR count). The van der Waals surface area contributed by atoms with E-state index in [2.05, 4.69) is 0 Å². The van der Waals surface area contributed by atoms with Crippen molar-refractivity contribution < 1.29 is 9.53 Å². The minimum atomic E-state index is 0.597. The van der Waals surface area contributed by atoms with Crippen LogP contribution in [0.2, 0.25) is 0 Å². The zero-order valence-electron chi connectivity index (χ0n) is 8.34. The van der Waals surface area contributed by atoms with Crippen LogP contribution in [0.25, 0.3) is 0 Å². The number of fused-ring (bicyclic) bond motifs is 2. The maximum absolute atomic E-state index is 10.9. The second kappa shape index (κ2) is 3.68. The van der Waals surface area contributed by atoms with Crippen molar-refractivity contribution in [2.24, 2.45) is 0 Å². The molecule has 0 aromatic heterocycles. The fraction of sp³-hybridized carbons (Fsp3) is 0. The van der Waals surface area contributed by atoms with Gasteiger partial charge in [0, 0.05) is 0 Å². The minimum absolute atomic E-state index is 0.597. The van der Waals surface area contributed by atoms with Crippen molar-refractivity contribution in [3.63, 3.8) is 0 Å². The molecule has 0 atom stereocenters. The molecule has 16 heavy (non-hydrogen) atoms. The number of para-hydroxylation sites is 2. The van der Waals surface area contributed by atoms with Crippen LogP contribution in [0, 0.1) is 0 Å². The van der Waals surface area contributed by atoms with Crippen LogP contribution in [0.3, 0.4) is 0 Å². The quantitative estimate of drug-likeness (QED) is 0.593. The molecule has 0 radical (unpaired) electrons. The molecule has 0 unspecified atom stereocenters. The first-order chi connectivity index (χ1) is 7.88. The number of hydrogen-bond acceptors (Lipinski definition) is 3. The molecule has 2 nitrogen and oxygen atoms in total. The molecule has 0 amide bonds. The maximum Gasteiger partial charge on any atom is 0.153 e. The van der Waals surface area contributed by atoms with Gasteiger partial charge in [-0.25, -0.2) is 0 Å². The lowest BCUT2D eigenvalue weighted by atomic mass is 10.2. The van der Waals surface area contributed by atoms with Gasteiger partial charge in [0.1, 0.15) is 5.75 Å². The lowest BCUT2D eigenvalue weighted by Crippen LogP contribution is -1.98. The maximum atomic E-state index is 10.9. The van der Waals surface area contributed by atoms with Crippen molar-refractivity contribution >= 4 is 18.0 Å². The number of rotatable bonds is 1. The first kappa shape index (κ1) is 9.48. The standard InChI is InChI=1S/C13H8O2S/c14-8-9-4-3-7-12-13(9)15-10-5-1-2-6-11(10)16-12/h1-8H. The summed E-state index contributed by atoms with van der Waals surface area (Å²) >= 11 is 1.63. The molecule has 78 valence electrons. The molecule has 0 bridgehead atoms. The summed E-state index contributed by atoms with van der Waals surface area (Å²) in [6.45, 7) is 0. The summed E-state index contributed by atoms with van der Waals surface area (Å²) in [4.78, 5) is 13.0. The van der Waals surface area contributed by atoms with Crippen molar-refractivity contribution in [3.05, 3.63) is 48.0 Å². The van der Waals surface area contributed by atoms with E-state index < -0.39 is 0 Å². The predicted molar refractivity (Wildman–Crippen MR) is 62.5 cm³/mol. The van der Waals surface area contributed by atoms with E-state index in [0.717, 1.165) is 21.8 Å². The topological polar surface area (TPSA) is 26.3 Å². The molecule has 0 aliphatic carbocycles. The molecule has 0 N–H and O–H groups in total. The predicted octanol–water partition coefficient (Wildman–Crippen LogP) is 3.76. The lowest BCUT2D eigenvalue weighted by Gasteiger charge is -2.20. The Balaban J connectivity index is 2.15. The second-order valence-electron chi connectivity index (χ2n) is 3.44. The zero-order valence-corrected chi connectivity index (χ0v) is 9.16. The van der Waals surface area contributed by atoms with Gasteiger partial charge in [-0.3, -0.25) is 4.79 Å². The van der Waals surface area contributed by atoms with Gasteiger partial charge >= 0.3 is 0 Å². The van der Waals surface area contributed by atoms with E-state index in [0.29, 0.717) is 11.3 Å². The summed E-state index contributed by atoms with van der Waals surface area (Å²) in [6.07, 6.45) is 0.827. The Kier molecular flexibility index (Phi) is 2.18. The molecule has 3 heteroatoms. The Hall–Kier alpha value is -1.74. The summed E-state index contributed by atoms with van der Waals surface area (Å²) in [5.74, 6) is 1.48. The fourth-order valence-corrected chi connectivity index (χ4v) is 2.66. The molecule has 2 aromatic carbocycles. The summed E-state index contributed by atoms with van der Waals surface area (Å²) in [7, 11) is 0. The highest BCUT2D eigenvalue weighted by Gasteiger charge is 2.19. The van der Waals surface area contributed by atoms with E-state index >= 15 is 0 Å². The van der Waals surface area contributed by atoms with Gasteiger partial charge in [-0.2, -0.15) is 0 Å². The Labute approximate surface area is 97.2 Å². The first-order valence-corrected chi connectivity index (χ1v) is 5.73. The fourth-order valence-electron chi connectivity index (χ4n) is 1.66. The van der Waals surface area contributed by atoms with Crippen molar-refractivity contribution in [1.82, 2.24) is 0 Å². The van der Waals surface area contributed by atoms with E-state index in [4.69, 9.17) is 4.74 Å². The second-order valence-corrected chi connectivity index (χ2v) is 4.53. The van der Waals surface area contributed by atoms with E-state index in [1.165, 1.54) is 0 Å². The van der Waals surface area contributed by atoms with Gasteiger partial charge in [0.2, 0.25) is 0 Å². The van der Waals surface area contributed by atoms with Crippen molar-refractivity contribution in [3.8, 4) is 11.5 Å². The van der Waals surface area contributed by atoms with Crippen molar-refractivity contribution in [1.29, 1.82) is 0 Å². The van der Waals surface area contributed by atoms with Crippen LogP contribution in [0.4, 0.5) is 0 Å². The van der Waals surface area contributed by atoms with Crippen LogP contribution in [-0.2, 0) is 0 Å². The zero-order chi connectivity index (χ0) is 11.0. The Morgan fingerprint density at radius 2 is 1.81 bits per heavy atom. The normalized spacial score (nSPS) is 12.2. The van der Waals surface area contributed by atoms with Crippen LogP contribution in [-0.4, -0.2) is 6.29 Å². The summed E-state index contributed by atoms with van der Waals surface area (Å²) < 4.78 is 5.75. The minimum Gasteiger partial charge on any atom is -0.454 e. The molecule has 0 saturated carbocycles. The average molecular weight is 228 g/mol. The number of carbonyl (C=O) groups is 1. The van der Waals surface area contributed by atoms with Crippen LogP contribution >= 0.6 is 11.8 Å². The monoisotopic (exact) mass is 228 g/mol. The van der Waals surface area contributed by atoms with Gasteiger partial charge in [0.25, 0.3) is 0 Å². The number of benzene rings is 2. The number of carbonyl (C=O) groups excluding carboxylic acids is 1. The molecule has 1 aliphatic rings. The van der Waals surface area contributed by atoms with Gasteiger partial charge < -0.3 is 4.74 Å². The van der Waals surface area contributed by atoms with Gasteiger partial charge in [0.05, 0.1) is 15.4 Å². The highest BCUT2D eigenvalue weighted by Crippen LogP contribution is 2.47. The van der Waals surface area contributed by atoms with Crippen LogP contribution in [0.5, 0.6) is 11.5 Å². The Bertz CT molecular complexity index is 564. The summed E-state index contributed by atoms with van der Waals surface area (Å²) in [6, 6.07) is 13.4. The molecule has 0 fully saturated rings. The molecule has 0 saturated heterocycles. The van der Waals surface area contributed by atoms with Crippen LogP contribution < -0.4 is 4.74 Å². The molecule has 0 spiro atoms. The highest BCUT2D eigenvalue weighted by molar-refractivity contribution is 7.99. The third-order valence-corrected chi connectivity index (χ3v) is 3.52. The van der Waals surface area contributed by atoms with Gasteiger partial charge in [-0.1, -0.05) is 30.0 Å². The summed E-state index contributed by atoms with van der Waals surface area (Å²) in [5, 5.41) is 0. The summed E-state index contributed by atoms with van der Waals surface area (Å²) in [5.41, 5.74) is 0.597. The molecule has 2 aromatic rings. The lowest BCUT2D eigenvalue weighted by molar-refractivity contribution is 0.112. The van der Waals surface area contributed by atoms with Gasteiger partial charge in [0.15, 0.2) is 12.0 Å². The number of ether oxygens (including phenoxy) is 1. The molecule has 1 aliphatic heterocycles. The first-order valence-electron chi connectivity index (χ1n) is 4.91. The number of aldehydes is 1. The van der Waals surface area contributed by atoms with E-state index in [-0.39, 0.29) is 0 Å². The van der Waals surface area contributed by atoms with E-state index in [1.54, 1.807) is 17.8 Å². The van der Waals surface area contributed by atoms with Crippen molar-refractivity contribution in [2.45, 2.75) is 9.79 Å². The third kappa shape index (κ3) is 1.41. The van der Waals surface area contributed by atoms with Gasteiger partial charge in [-0.15, -0.1) is 0 Å². The van der Waals surface area contributed by atoms with Crippen LogP contribution in [0.1, 0.15) is 10.4 Å². The molecular weight excluding hydrogens is 220 g/mol. The Morgan fingerprint density at radius 1 is 1.00 bits per heavy atom. The third-order valence-electron chi connectivity index (χ3n) is 2.42. The van der Waals surface area contributed by atoms with Gasteiger partial charge in [-0.05, 0) is 24.3 Å². The smallest absolute Gasteiger partial charge is 0.153 e. The van der Waals surface area contributed by atoms with E-state index in [1.807, 2.05) is 36.4 Å². The SMILES string of the molecule is O=Cc1cccc2c1Oc1ccccc1S2. The number of hydrogen-bond donors (Lipinski definition) is 0. The average Bonchev–Trinajstić information content (AvgIpc) is 2.35. The largest absolute Gasteiger partial charge is 0.454 e. The van der Waals surface area contributed by atoms with Crippen molar-refractivity contribution in [2.75, 3.05) is 0 Å². The Morgan fingerprint density at radius 3 is 2.69 bits per heavy atom. The van der Waals surface area contributed by atoms with E-state index in [9.17, 15) is 4.79 Å². The molecule has 1 heterocycles.